The van der Waals surface area contributed by atoms with Crippen molar-refractivity contribution < 1.29 is 13.6 Å². The van der Waals surface area contributed by atoms with E-state index < -0.39 is 11.6 Å². The Bertz CT molecular complexity index is 1230. The summed E-state index contributed by atoms with van der Waals surface area (Å²) in [7, 11) is 0. The molecule has 170 valence electrons. The number of amides is 1. The van der Waals surface area contributed by atoms with Crippen LogP contribution in [0.15, 0.2) is 42.6 Å². The lowest BCUT2D eigenvalue weighted by molar-refractivity contribution is -0.110. The number of halogens is 2. The number of hydrogen-bond acceptors (Lipinski definition) is 4. The summed E-state index contributed by atoms with van der Waals surface area (Å²) in [5.41, 5.74) is 3.52. The van der Waals surface area contributed by atoms with Gasteiger partial charge in [0.1, 0.15) is 17.5 Å². The molecule has 0 spiro atoms. The number of imidazole rings is 1. The number of benzene rings is 2. The van der Waals surface area contributed by atoms with Crippen molar-refractivity contribution in [2.45, 2.75) is 25.8 Å². The first-order valence-electron chi connectivity index (χ1n) is 11.2. The molecule has 2 aliphatic rings. The van der Waals surface area contributed by atoms with Crippen LogP contribution in [0.3, 0.4) is 0 Å². The maximum absolute atomic E-state index is 14.1. The number of hydrogen-bond donors (Lipinski definition) is 3. The fourth-order valence-corrected chi connectivity index (χ4v) is 4.43. The fourth-order valence-electron chi connectivity index (χ4n) is 4.43. The largest absolute Gasteiger partial charge is 0.382 e. The number of aromatic amines is 1. The highest BCUT2D eigenvalue weighted by Crippen LogP contribution is 2.35. The summed E-state index contributed by atoms with van der Waals surface area (Å²) in [5.74, 6) is -1.14. The van der Waals surface area contributed by atoms with Gasteiger partial charge < -0.3 is 20.5 Å². The summed E-state index contributed by atoms with van der Waals surface area (Å²) >= 11 is 0. The molecular weight excluding hydrogens is 424 g/mol. The van der Waals surface area contributed by atoms with Gasteiger partial charge in [-0.3, -0.25) is 4.79 Å². The Morgan fingerprint density at radius 3 is 2.73 bits per heavy atom. The molecule has 3 aromatic rings. The lowest BCUT2D eigenvalue weighted by Crippen LogP contribution is -2.38. The van der Waals surface area contributed by atoms with Crippen LogP contribution in [0.2, 0.25) is 0 Å². The smallest absolute Gasteiger partial charge is 0.256 e. The van der Waals surface area contributed by atoms with E-state index >= 15 is 0 Å². The molecule has 1 fully saturated rings. The number of rotatable bonds is 5. The molecule has 3 heterocycles. The number of H-pyrrole nitrogens is 1. The second-order valence-electron chi connectivity index (χ2n) is 8.42. The fraction of sp³-hybridized carbons (Fsp3) is 0.280. The lowest BCUT2D eigenvalue weighted by atomic mass is 10.0. The average Bonchev–Trinajstić information content (AvgIpc) is 3.39. The quantitative estimate of drug-likeness (QED) is 0.492. The van der Waals surface area contributed by atoms with Crippen LogP contribution in [0.5, 0.6) is 0 Å². The molecule has 0 bridgehead atoms. The normalized spacial score (nSPS) is 17.9. The molecule has 2 aliphatic heterocycles. The number of nitrogens with zero attached hydrogens (tertiary/aromatic N) is 2. The van der Waals surface area contributed by atoms with Crippen LogP contribution in [-0.4, -0.2) is 46.5 Å². The number of anilines is 2. The van der Waals surface area contributed by atoms with Gasteiger partial charge in [0.25, 0.3) is 5.91 Å². The molecule has 1 saturated heterocycles. The molecule has 1 amide bonds. The number of fused-ring (bicyclic) bond motifs is 1. The van der Waals surface area contributed by atoms with E-state index in [4.69, 9.17) is 0 Å². The molecule has 6 nitrogen and oxygen atoms in total. The SMILES string of the molecule is CCN1CCC(Nc2ccc3c(c2)/C(=C/c2nc(-c4ccc(F)cc4F)c[nH]2)C(=O)N3)CC1. The van der Waals surface area contributed by atoms with Crippen LogP contribution >= 0.6 is 0 Å². The zero-order valence-electron chi connectivity index (χ0n) is 18.3. The lowest BCUT2D eigenvalue weighted by Gasteiger charge is -2.32. The van der Waals surface area contributed by atoms with Crippen LogP contribution in [0.4, 0.5) is 20.2 Å². The number of aromatic nitrogens is 2. The Labute approximate surface area is 190 Å². The topological polar surface area (TPSA) is 73.0 Å². The molecule has 0 aliphatic carbocycles. The van der Waals surface area contributed by atoms with Crippen molar-refractivity contribution in [3.63, 3.8) is 0 Å². The van der Waals surface area contributed by atoms with Gasteiger partial charge in [0.2, 0.25) is 0 Å². The first-order valence-corrected chi connectivity index (χ1v) is 11.2. The van der Waals surface area contributed by atoms with E-state index in [1.807, 2.05) is 18.2 Å². The van der Waals surface area contributed by atoms with Gasteiger partial charge in [-0.1, -0.05) is 6.92 Å². The summed E-state index contributed by atoms with van der Waals surface area (Å²) in [6.45, 7) is 5.43. The highest BCUT2D eigenvalue weighted by atomic mass is 19.1. The first kappa shape index (κ1) is 21.3. The minimum atomic E-state index is -0.690. The van der Waals surface area contributed by atoms with Gasteiger partial charge in [0, 0.05) is 53.9 Å². The molecule has 33 heavy (non-hydrogen) atoms. The Morgan fingerprint density at radius 2 is 1.97 bits per heavy atom. The number of likely N-dealkylation sites (tertiary alicyclic amines) is 1. The van der Waals surface area contributed by atoms with E-state index in [-0.39, 0.29) is 11.5 Å². The summed E-state index contributed by atoms with van der Waals surface area (Å²) in [6.07, 6.45) is 5.35. The summed E-state index contributed by atoms with van der Waals surface area (Å²) in [5, 5.41) is 6.48. The minimum absolute atomic E-state index is 0.189. The molecule has 5 rings (SSSR count). The zero-order chi connectivity index (χ0) is 22.9. The van der Waals surface area contributed by atoms with E-state index in [1.54, 1.807) is 6.08 Å². The van der Waals surface area contributed by atoms with Crippen LogP contribution in [-0.2, 0) is 4.79 Å². The monoisotopic (exact) mass is 449 g/mol. The van der Waals surface area contributed by atoms with Crippen molar-refractivity contribution in [1.82, 2.24) is 14.9 Å². The van der Waals surface area contributed by atoms with Crippen molar-refractivity contribution in [1.29, 1.82) is 0 Å². The summed E-state index contributed by atoms with van der Waals surface area (Å²) in [4.78, 5) is 22.4. The predicted octanol–water partition coefficient (Wildman–Crippen LogP) is 4.74. The predicted molar refractivity (Wildman–Crippen MR) is 126 cm³/mol. The maximum Gasteiger partial charge on any atom is 0.256 e. The molecule has 8 heteroatoms. The van der Waals surface area contributed by atoms with Gasteiger partial charge in [0.05, 0.1) is 11.3 Å². The third-order valence-electron chi connectivity index (χ3n) is 6.29. The van der Waals surface area contributed by atoms with E-state index in [1.165, 1.54) is 18.3 Å². The van der Waals surface area contributed by atoms with Gasteiger partial charge in [-0.15, -0.1) is 0 Å². The minimum Gasteiger partial charge on any atom is -0.382 e. The second-order valence-corrected chi connectivity index (χ2v) is 8.42. The van der Waals surface area contributed by atoms with Crippen molar-refractivity contribution in [2.24, 2.45) is 0 Å². The van der Waals surface area contributed by atoms with Crippen molar-refractivity contribution >= 4 is 28.9 Å². The van der Waals surface area contributed by atoms with Gasteiger partial charge >= 0.3 is 0 Å². The summed E-state index contributed by atoms with van der Waals surface area (Å²) < 4.78 is 27.3. The standard InChI is InChI=1S/C25H25F2N5O/c1-2-32-9-7-16(8-10-32)29-17-4-6-22-19(12-17)20(25(33)31-22)13-24-28-14-23(30-24)18-5-3-15(26)11-21(18)27/h3-6,11-14,16,29H,2,7-10H2,1H3,(H,28,30)(H,31,33)/b20-13-. The van der Waals surface area contributed by atoms with Crippen LogP contribution < -0.4 is 10.6 Å². The third kappa shape index (κ3) is 4.39. The molecule has 0 radical (unpaired) electrons. The zero-order valence-corrected chi connectivity index (χ0v) is 18.3. The van der Waals surface area contributed by atoms with Crippen molar-refractivity contribution in [3.05, 3.63) is 65.6 Å². The Balaban J connectivity index is 1.38. The molecular formula is C25H25F2N5O. The highest BCUT2D eigenvalue weighted by Gasteiger charge is 2.26. The number of carbonyl (C=O) groups is 1. The molecule has 0 unspecified atom stereocenters. The van der Waals surface area contributed by atoms with Gasteiger partial charge in [-0.2, -0.15) is 0 Å². The Morgan fingerprint density at radius 1 is 1.15 bits per heavy atom. The van der Waals surface area contributed by atoms with Gasteiger partial charge in [0.15, 0.2) is 0 Å². The van der Waals surface area contributed by atoms with Crippen LogP contribution in [0.25, 0.3) is 22.9 Å². The first-order chi connectivity index (χ1) is 16.0. The maximum atomic E-state index is 14.1. The van der Waals surface area contributed by atoms with Gasteiger partial charge in [-0.25, -0.2) is 13.8 Å². The average molecular weight is 450 g/mol. The third-order valence-corrected chi connectivity index (χ3v) is 6.29. The number of piperidine rings is 1. The second kappa shape index (κ2) is 8.78. The molecule has 1 aromatic heterocycles. The Kier molecular flexibility index (Phi) is 5.68. The number of carbonyl (C=O) groups excluding carboxylic acids is 1. The van der Waals surface area contributed by atoms with E-state index in [0.29, 0.717) is 23.1 Å². The number of nitrogens with one attached hydrogen (secondary N) is 3. The molecule has 0 saturated carbocycles. The van der Waals surface area contributed by atoms with Crippen molar-refractivity contribution in [3.8, 4) is 11.3 Å². The summed E-state index contributed by atoms with van der Waals surface area (Å²) in [6, 6.07) is 9.63. The Hall–Kier alpha value is -3.52. The van der Waals surface area contributed by atoms with E-state index in [9.17, 15) is 13.6 Å². The molecule has 3 N–H and O–H groups in total. The van der Waals surface area contributed by atoms with Gasteiger partial charge in [-0.05, 0) is 55.8 Å². The van der Waals surface area contributed by atoms with E-state index in [0.717, 1.165) is 55.5 Å². The molecule has 0 atom stereocenters. The molecule has 2 aromatic carbocycles. The van der Waals surface area contributed by atoms with Crippen molar-refractivity contribution in [2.75, 3.05) is 30.3 Å². The highest BCUT2D eigenvalue weighted by molar-refractivity contribution is 6.34. The van der Waals surface area contributed by atoms with E-state index in [2.05, 4.69) is 32.4 Å². The van der Waals surface area contributed by atoms with Crippen LogP contribution in [0, 0.1) is 11.6 Å². The van der Waals surface area contributed by atoms with Crippen LogP contribution in [0.1, 0.15) is 31.2 Å².